The van der Waals surface area contributed by atoms with E-state index in [1.54, 1.807) is 13.2 Å². The van der Waals surface area contributed by atoms with Crippen molar-refractivity contribution in [3.8, 4) is 11.4 Å². The Morgan fingerprint density at radius 1 is 1.00 bits per heavy atom. The molecule has 0 aliphatic heterocycles. The second-order valence-corrected chi connectivity index (χ2v) is 5.57. The summed E-state index contributed by atoms with van der Waals surface area (Å²) in [4.78, 5) is 21.4. The molecule has 0 bridgehead atoms. The molecule has 0 spiro atoms. The molecule has 1 heterocycles. The van der Waals surface area contributed by atoms with Gasteiger partial charge in [-0.15, -0.1) is 0 Å². The molecule has 0 saturated heterocycles. The van der Waals surface area contributed by atoms with E-state index in [9.17, 15) is 4.79 Å². The lowest BCUT2D eigenvalue weighted by atomic mass is 10.2. The summed E-state index contributed by atoms with van der Waals surface area (Å²) >= 11 is 0. The molecule has 2 N–H and O–H groups in total. The third-order valence-corrected chi connectivity index (χ3v) is 3.63. The van der Waals surface area contributed by atoms with Crippen molar-refractivity contribution in [1.29, 1.82) is 0 Å². The topological polar surface area (TPSA) is 76.1 Å². The predicted octanol–water partition coefficient (Wildman–Crippen LogP) is 3.26. The molecule has 3 rings (SSSR count). The molecule has 6 nitrogen and oxygen atoms in total. The minimum absolute atomic E-state index is 0.266. The van der Waals surface area contributed by atoms with E-state index >= 15 is 0 Å². The Morgan fingerprint density at radius 3 is 2.38 bits per heavy atom. The fourth-order valence-corrected chi connectivity index (χ4v) is 2.37. The van der Waals surface area contributed by atoms with Crippen molar-refractivity contribution in [3.05, 3.63) is 72.4 Å². The maximum absolute atomic E-state index is 12.4. The van der Waals surface area contributed by atoms with Gasteiger partial charge in [-0.05, 0) is 12.1 Å². The number of para-hydroxylation sites is 1. The summed E-state index contributed by atoms with van der Waals surface area (Å²) in [6.45, 7) is 0.860. The van der Waals surface area contributed by atoms with Crippen LogP contribution >= 0.6 is 0 Å². The highest BCUT2D eigenvalue weighted by Gasteiger charge is 2.13. The van der Waals surface area contributed by atoms with Crippen LogP contribution in [0.15, 0.2) is 66.7 Å². The standard InChI is InChI=1S/C20H20N4O2/c1-26-13-12-21-20(25)17-14-18(22-16-10-6-3-7-11-16)24-19(23-17)15-8-4-2-5-9-15/h2-11,14H,12-13H2,1H3,(H,21,25)(H,22,23,24). The molecule has 6 heteroatoms. The number of benzene rings is 2. The summed E-state index contributed by atoms with van der Waals surface area (Å²) in [6.07, 6.45) is 0. The Hall–Kier alpha value is -3.25. The van der Waals surface area contributed by atoms with E-state index in [1.807, 2.05) is 60.7 Å². The number of hydrogen-bond donors (Lipinski definition) is 2. The van der Waals surface area contributed by atoms with Gasteiger partial charge >= 0.3 is 0 Å². The fraction of sp³-hybridized carbons (Fsp3) is 0.150. The third kappa shape index (κ3) is 4.64. The summed E-state index contributed by atoms with van der Waals surface area (Å²) < 4.78 is 4.96. The van der Waals surface area contributed by atoms with Gasteiger partial charge in [-0.25, -0.2) is 9.97 Å². The molecule has 132 valence electrons. The summed E-state index contributed by atoms with van der Waals surface area (Å²) in [5.41, 5.74) is 2.03. The Morgan fingerprint density at radius 2 is 1.69 bits per heavy atom. The third-order valence-electron chi connectivity index (χ3n) is 3.63. The lowest BCUT2D eigenvalue weighted by Gasteiger charge is -2.10. The van der Waals surface area contributed by atoms with Crippen LogP contribution in [0, 0.1) is 0 Å². The van der Waals surface area contributed by atoms with Crippen LogP contribution in [-0.4, -0.2) is 36.1 Å². The minimum Gasteiger partial charge on any atom is -0.383 e. The van der Waals surface area contributed by atoms with Crippen LogP contribution in [-0.2, 0) is 4.74 Å². The van der Waals surface area contributed by atoms with Crippen molar-refractivity contribution in [1.82, 2.24) is 15.3 Å². The zero-order valence-electron chi connectivity index (χ0n) is 14.5. The number of carbonyl (C=O) groups is 1. The second-order valence-electron chi connectivity index (χ2n) is 5.57. The molecule has 1 aromatic heterocycles. The quantitative estimate of drug-likeness (QED) is 0.641. The first-order valence-corrected chi connectivity index (χ1v) is 8.30. The first-order valence-electron chi connectivity index (χ1n) is 8.30. The number of anilines is 2. The van der Waals surface area contributed by atoms with Gasteiger partial charge in [0.1, 0.15) is 11.5 Å². The van der Waals surface area contributed by atoms with Crippen LogP contribution < -0.4 is 10.6 Å². The van der Waals surface area contributed by atoms with E-state index in [2.05, 4.69) is 20.6 Å². The van der Waals surface area contributed by atoms with E-state index in [4.69, 9.17) is 4.74 Å². The summed E-state index contributed by atoms with van der Waals surface area (Å²) in [6, 6.07) is 20.9. The highest BCUT2D eigenvalue weighted by atomic mass is 16.5. The molecule has 0 aliphatic carbocycles. The molecular weight excluding hydrogens is 328 g/mol. The van der Waals surface area contributed by atoms with Crippen LogP contribution in [0.3, 0.4) is 0 Å². The number of amides is 1. The molecule has 0 atom stereocenters. The van der Waals surface area contributed by atoms with E-state index in [0.29, 0.717) is 30.5 Å². The van der Waals surface area contributed by atoms with Crippen molar-refractivity contribution in [2.45, 2.75) is 0 Å². The van der Waals surface area contributed by atoms with E-state index in [-0.39, 0.29) is 5.91 Å². The molecule has 2 aromatic carbocycles. The van der Waals surface area contributed by atoms with Gasteiger partial charge < -0.3 is 15.4 Å². The fourth-order valence-electron chi connectivity index (χ4n) is 2.37. The smallest absolute Gasteiger partial charge is 0.270 e. The van der Waals surface area contributed by atoms with Crippen molar-refractivity contribution >= 4 is 17.4 Å². The highest BCUT2D eigenvalue weighted by molar-refractivity contribution is 5.93. The number of carbonyl (C=O) groups excluding carboxylic acids is 1. The van der Waals surface area contributed by atoms with Gasteiger partial charge in [0, 0.05) is 31.0 Å². The largest absolute Gasteiger partial charge is 0.383 e. The zero-order valence-corrected chi connectivity index (χ0v) is 14.5. The summed E-state index contributed by atoms with van der Waals surface area (Å²) in [5.74, 6) is 0.781. The van der Waals surface area contributed by atoms with Crippen LogP contribution in [0.5, 0.6) is 0 Å². The Labute approximate surface area is 152 Å². The number of nitrogens with one attached hydrogen (secondary N) is 2. The van der Waals surface area contributed by atoms with Crippen molar-refractivity contribution in [3.63, 3.8) is 0 Å². The zero-order chi connectivity index (χ0) is 18.2. The summed E-state index contributed by atoms with van der Waals surface area (Å²) in [7, 11) is 1.59. The maximum atomic E-state index is 12.4. The van der Waals surface area contributed by atoms with Crippen molar-refractivity contribution < 1.29 is 9.53 Å². The number of ether oxygens (including phenoxy) is 1. The van der Waals surface area contributed by atoms with Crippen LogP contribution in [0.1, 0.15) is 10.5 Å². The molecule has 0 unspecified atom stereocenters. The molecular formula is C20H20N4O2. The highest BCUT2D eigenvalue weighted by Crippen LogP contribution is 2.20. The van der Waals surface area contributed by atoms with Crippen molar-refractivity contribution in [2.24, 2.45) is 0 Å². The monoisotopic (exact) mass is 348 g/mol. The predicted molar refractivity (Wildman–Crippen MR) is 101 cm³/mol. The molecule has 0 fully saturated rings. The molecule has 26 heavy (non-hydrogen) atoms. The SMILES string of the molecule is COCCNC(=O)c1cc(Nc2ccccc2)nc(-c2ccccc2)n1. The minimum atomic E-state index is -0.266. The van der Waals surface area contributed by atoms with Gasteiger partial charge in [-0.3, -0.25) is 4.79 Å². The average molecular weight is 348 g/mol. The molecule has 1 amide bonds. The molecule has 0 aliphatic rings. The van der Waals surface area contributed by atoms with Crippen molar-refractivity contribution in [2.75, 3.05) is 25.6 Å². The van der Waals surface area contributed by atoms with Gasteiger partial charge in [0.15, 0.2) is 5.82 Å². The van der Waals surface area contributed by atoms with Crippen LogP contribution in [0.4, 0.5) is 11.5 Å². The van der Waals surface area contributed by atoms with E-state index in [1.165, 1.54) is 0 Å². The Bertz CT molecular complexity index is 854. The lowest BCUT2D eigenvalue weighted by molar-refractivity contribution is 0.0932. The Balaban J connectivity index is 1.92. The van der Waals surface area contributed by atoms with Crippen LogP contribution in [0.2, 0.25) is 0 Å². The normalized spacial score (nSPS) is 10.3. The van der Waals surface area contributed by atoms with E-state index < -0.39 is 0 Å². The second kappa shape index (κ2) is 8.73. The van der Waals surface area contributed by atoms with Crippen LogP contribution in [0.25, 0.3) is 11.4 Å². The van der Waals surface area contributed by atoms with Gasteiger partial charge in [0.05, 0.1) is 6.61 Å². The number of methoxy groups -OCH3 is 1. The number of nitrogens with zero attached hydrogens (tertiary/aromatic N) is 2. The number of hydrogen-bond acceptors (Lipinski definition) is 5. The van der Waals surface area contributed by atoms with E-state index in [0.717, 1.165) is 11.3 Å². The molecule has 0 saturated carbocycles. The van der Waals surface area contributed by atoms with Gasteiger partial charge in [0.25, 0.3) is 5.91 Å². The van der Waals surface area contributed by atoms with Gasteiger partial charge in [-0.1, -0.05) is 48.5 Å². The maximum Gasteiger partial charge on any atom is 0.270 e. The Kier molecular flexibility index (Phi) is 5.90. The average Bonchev–Trinajstić information content (AvgIpc) is 2.69. The lowest BCUT2D eigenvalue weighted by Crippen LogP contribution is -2.28. The van der Waals surface area contributed by atoms with Gasteiger partial charge in [-0.2, -0.15) is 0 Å². The number of rotatable bonds is 7. The first kappa shape index (κ1) is 17.6. The molecule has 0 radical (unpaired) electrons. The summed E-state index contributed by atoms with van der Waals surface area (Å²) in [5, 5.41) is 6.01. The van der Waals surface area contributed by atoms with Gasteiger partial charge in [0.2, 0.25) is 0 Å². The molecule has 3 aromatic rings. The number of aromatic nitrogens is 2. The first-order chi connectivity index (χ1) is 12.8.